The van der Waals surface area contributed by atoms with Crippen LogP contribution in [0.4, 0.5) is 0 Å². The minimum absolute atomic E-state index is 0.180. The average molecular weight is 292 g/mol. The van der Waals surface area contributed by atoms with Crippen LogP contribution < -0.4 is 10.1 Å². The van der Waals surface area contributed by atoms with Crippen LogP contribution in [0, 0.1) is 6.92 Å². The SMILES string of the molecule is COc1ccc(C2C(CNC(C)C)OCCN2C)cc1C. The molecule has 1 aliphatic heterocycles. The molecule has 1 N–H and O–H groups in total. The Kier molecular flexibility index (Phi) is 5.62. The fourth-order valence-electron chi connectivity index (χ4n) is 2.94. The summed E-state index contributed by atoms with van der Waals surface area (Å²) in [7, 11) is 3.89. The van der Waals surface area contributed by atoms with E-state index in [1.54, 1.807) is 7.11 Å². The number of hydrogen-bond acceptors (Lipinski definition) is 4. The zero-order valence-electron chi connectivity index (χ0n) is 13.8. The smallest absolute Gasteiger partial charge is 0.121 e. The molecule has 0 radical (unpaired) electrons. The zero-order chi connectivity index (χ0) is 15.4. The van der Waals surface area contributed by atoms with Crippen molar-refractivity contribution < 1.29 is 9.47 Å². The molecule has 0 aromatic heterocycles. The van der Waals surface area contributed by atoms with Gasteiger partial charge in [-0.2, -0.15) is 0 Å². The number of ether oxygens (including phenoxy) is 2. The molecule has 0 spiro atoms. The minimum atomic E-state index is 0.180. The molecule has 4 heteroatoms. The first-order valence-electron chi connectivity index (χ1n) is 7.72. The normalized spacial score (nSPS) is 23.5. The Balaban J connectivity index is 2.20. The van der Waals surface area contributed by atoms with Gasteiger partial charge in [0.05, 0.1) is 25.9 Å². The second-order valence-corrected chi connectivity index (χ2v) is 6.13. The second kappa shape index (κ2) is 7.25. The lowest BCUT2D eigenvalue weighted by Crippen LogP contribution is -2.48. The summed E-state index contributed by atoms with van der Waals surface area (Å²) in [5.74, 6) is 0.940. The number of nitrogens with zero attached hydrogens (tertiary/aromatic N) is 1. The van der Waals surface area contributed by atoms with E-state index >= 15 is 0 Å². The van der Waals surface area contributed by atoms with Crippen molar-refractivity contribution in [3.8, 4) is 5.75 Å². The van der Waals surface area contributed by atoms with E-state index in [1.807, 2.05) is 0 Å². The third-order valence-corrected chi connectivity index (χ3v) is 4.09. The van der Waals surface area contributed by atoms with Crippen molar-refractivity contribution in [2.24, 2.45) is 0 Å². The van der Waals surface area contributed by atoms with Gasteiger partial charge in [-0.3, -0.25) is 4.90 Å². The summed E-state index contributed by atoms with van der Waals surface area (Å²) in [6.07, 6.45) is 0.180. The van der Waals surface area contributed by atoms with E-state index in [4.69, 9.17) is 9.47 Å². The maximum atomic E-state index is 6.03. The predicted octanol–water partition coefficient (Wildman–Crippen LogP) is 2.37. The summed E-state index contributed by atoms with van der Waals surface area (Å²) in [5.41, 5.74) is 2.47. The predicted molar refractivity (Wildman–Crippen MR) is 86.0 cm³/mol. The number of nitrogens with one attached hydrogen (secondary N) is 1. The number of likely N-dealkylation sites (N-methyl/N-ethyl adjacent to an activating group) is 1. The Bertz CT molecular complexity index is 462. The second-order valence-electron chi connectivity index (χ2n) is 6.13. The summed E-state index contributed by atoms with van der Waals surface area (Å²) in [5, 5.41) is 3.50. The Labute approximate surface area is 128 Å². The maximum Gasteiger partial charge on any atom is 0.121 e. The summed E-state index contributed by atoms with van der Waals surface area (Å²) in [6, 6.07) is 7.19. The average Bonchev–Trinajstić information content (AvgIpc) is 2.45. The quantitative estimate of drug-likeness (QED) is 0.903. The fraction of sp³-hybridized carbons (Fsp3) is 0.647. The van der Waals surface area contributed by atoms with Gasteiger partial charge < -0.3 is 14.8 Å². The Hall–Kier alpha value is -1.10. The molecule has 0 bridgehead atoms. The Morgan fingerprint density at radius 1 is 1.43 bits per heavy atom. The lowest BCUT2D eigenvalue weighted by Gasteiger charge is -2.40. The zero-order valence-corrected chi connectivity index (χ0v) is 13.8. The Morgan fingerprint density at radius 3 is 2.81 bits per heavy atom. The van der Waals surface area contributed by atoms with Gasteiger partial charge in [-0.1, -0.05) is 26.0 Å². The highest BCUT2D eigenvalue weighted by Gasteiger charge is 2.31. The van der Waals surface area contributed by atoms with Gasteiger partial charge in [-0.25, -0.2) is 0 Å². The van der Waals surface area contributed by atoms with Crippen LogP contribution in [0.2, 0.25) is 0 Å². The van der Waals surface area contributed by atoms with E-state index in [1.165, 1.54) is 11.1 Å². The molecule has 1 fully saturated rings. The molecule has 2 unspecified atom stereocenters. The van der Waals surface area contributed by atoms with Gasteiger partial charge in [0.25, 0.3) is 0 Å². The Morgan fingerprint density at radius 2 is 2.19 bits per heavy atom. The number of aryl methyl sites for hydroxylation is 1. The van der Waals surface area contributed by atoms with Crippen LogP contribution in [-0.2, 0) is 4.74 Å². The van der Waals surface area contributed by atoms with Crippen molar-refractivity contribution in [3.05, 3.63) is 29.3 Å². The van der Waals surface area contributed by atoms with Crippen LogP contribution in [0.1, 0.15) is 31.0 Å². The molecule has 1 saturated heterocycles. The van der Waals surface area contributed by atoms with E-state index < -0.39 is 0 Å². The van der Waals surface area contributed by atoms with Gasteiger partial charge in [-0.05, 0) is 31.2 Å². The van der Waals surface area contributed by atoms with E-state index in [-0.39, 0.29) is 12.1 Å². The van der Waals surface area contributed by atoms with Crippen LogP contribution in [-0.4, -0.2) is 50.9 Å². The fourth-order valence-corrected chi connectivity index (χ4v) is 2.94. The van der Waals surface area contributed by atoms with Gasteiger partial charge in [0.15, 0.2) is 0 Å². The lowest BCUT2D eigenvalue weighted by atomic mass is 9.96. The van der Waals surface area contributed by atoms with Crippen molar-refractivity contribution in [1.82, 2.24) is 10.2 Å². The molecule has 2 atom stereocenters. The molecular weight excluding hydrogens is 264 g/mol. The molecule has 1 aliphatic rings. The van der Waals surface area contributed by atoms with Crippen molar-refractivity contribution >= 4 is 0 Å². The maximum absolute atomic E-state index is 6.03. The summed E-state index contributed by atoms with van der Waals surface area (Å²) < 4.78 is 11.4. The largest absolute Gasteiger partial charge is 0.496 e. The summed E-state index contributed by atoms with van der Waals surface area (Å²) in [4.78, 5) is 2.39. The van der Waals surface area contributed by atoms with Gasteiger partial charge in [0.2, 0.25) is 0 Å². The van der Waals surface area contributed by atoms with Crippen LogP contribution >= 0.6 is 0 Å². The first kappa shape index (κ1) is 16.3. The third-order valence-electron chi connectivity index (χ3n) is 4.09. The number of methoxy groups -OCH3 is 1. The van der Waals surface area contributed by atoms with Gasteiger partial charge in [0, 0.05) is 19.1 Å². The molecule has 1 heterocycles. The monoisotopic (exact) mass is 292 g/mol. The van der Waals surface area contributed by atoms with Crippen LogP contribution in [0.25, 0.3) is 0 Å². The van der Waals surface area contributed by atoms with Crippen molar-refractivity contribution in [3.63, 3.8) is 0 Å². The molecule has 0 aliphatic carbocycles. The van der Waals surface area contributed by atoms with Crippen LogP contribution in [0.3, 0.4) is 0 Å². The van der Waals surface area contributed by atoms with E-state index in [9.17, 15) is 0 Å². The van der Waals surface area contributed by atoms with Crippen molar-refractivity contribution in [1.29, 1.82) is 0 Å². The standard InChI is InChI=1S/C17H28N2O2/c1-12(2)18-11-16-17(19(4)8-9-21-16)14-6-7-15(20-5)13(3)10-14/h6-7,10,12,16-18H,8-9,11H2,1-5H3. The number of rotatable bonds is 5. The molecule has 1 aromatic carbocycles. The highest BCUT2D eigenvalue weighted by molar-refractivity contribution is 5.38. The summed E-state index contributed by atoms with van der Waals surface area (Å²) >= 11 is 0. The first-order chi connectivity index (χ1) is 10.0. The molecule has 0 saturated carbocycles. The molecule has 2 rings (SSSR count). The first-order valence-corrected chi connectivity index (χ1v) is 7.72. The minimum Gasteiger partial charge on any atom is -0.496 e. The van der Waals surface area contributed by atoms with Gasteiger partial charge >= 0.3 is 0 Å². The van der Waals surface area contributed by atoms with Gasteiger partial charge in [0.1, 0.15) is 5.75 Å². The molecule has 1 aromatic rings. The lowest BCUT2D eigenvalue weighted by molar-refractivity contribution is -0.0620. The van der Waals surface area contributed by atoms with Crippen molar-refractivity contribution in [2.75, 3.05) is 33.9 Å². The highest BCUT2D eigenvalue weighted by Crippen LogP contribution is 2.31. The molecule has 118 valence electrons. The van der Waals surface area contributed by atoms with Crippen LogP contribution in [0.5, 0.6) is 5.75 Å². The summed E-state index contributed by atoms with van der Waals surface area (Å²) in [6.45, 7) is 9.06. The number of benzene rings is 1. The van der Waals surface area contributed by atoms with Crippen LogP contribution in [0.15, 0.2) is 18.2 Å². The number of hydrogen-bond donors (Lipinski definition) is 1. The van der Waals surface area contributed by atoms with E-state index in [0.29, 0.717) is 6.04 Å². The molecule has 0 amide bonds. The molecule has 4 nitrogen and oxygen atoms in total. The van der Waals surface area contributed by atoms with E-state index in [2.05, 4.69) is 56.2 Å². The van der Waals surface area contributed by atoms with Crippen molar-refractivity contribution in [2.45, 2.75) is 39.0 Å². The highest BCUT2D eigenvalue weighted by atomic mass is 16.5. The van der Waals surface area contributed by atoms with E-state index in [0.717, 1.165) is 25.4 Å². The third kappa shape index (κ3) is 3.96. The van der Waals surface area contributed by atoms with Gasteiger partial charge in [-0.15, -0.1) is 0 Å². The molecular formula is C17H28N2O2. The molecule has 21 heavy (non-hydrogen) atoms. The number of morpholine rings is 1. The topological polar surface area (TPSA) is 33.7 Å².